The van der Waals surface area contributed by atoms with Crippen molar-refractivity contribution in [1.82, 2.24) is 40.7 Å². The van der Waals surface area contributed by atoms with E-state index < -0.39 is 59.1 Å². The Morgan fingerprint density at radius 1 is 1.16 bits per heavy atom. The fourth-order valence-corrected chi connectivity index (χ4v) is 7.23. The van der Waals surface area contributed by atoms with Gasteiger partial charge in [-0.3, -0.25) is 14.5 Å². The first-order chi connectivity index (χ1) is 22.9. The third kappa shape index (κ3) is 10.7. The molecule has 0 aromatic carbocycles. The first kappa shape index (κ1) is 40.3. The van der Waals surface area contributed by atoms with E-state index in [0.717, 1.165) is 16.2 Å². The van der Waals surface area contributed by atoms with Crippen LogP contribution in [0.3, 0.4) is 0 Å². The maximum absolute atomic E-state index is 13.3. The maximum atomic E-state index is 13.3. The zero-order chi connectivity index (χ0) is 36.1. The average molecular weight is 777 g/mol. The van der Waals surface area contributed by atoms with E-state index in [1.807, 2.05) is 0 Å². The zero-order valence-electron chi connectivity index (χ0n) is 27.8. The number of aliphatic carboxylic acids is 1. The minimum absolute atomic E-state index is 0. The molecule has 0 aliphatic carbocycles. The Morgan fingerprint density at radius 3 is 2.48 bits per heavy atom. The van der Waals surface area contributed by atoms with Crippen LogP contribution in [0.2, 0.25) is 0 Å². The van der Waals surface area contributed by atoms with Gasteiger partial charge < -0.3 is 35.8 Å². The lowest BCUT2D eigenvalue weighted by Crippen LogP contribution is -2.71. The van der Waals surface area contributed by atoms with Crippen LogP contribution in [-0.2, 0) is 40.0 Å². The minimum Gasteiger partial charge on any atom is -0.477 e. The molecular formula is C27H37ClN10O9S3. The standard InChI is InChI=1S/C27H36N10O9S3.ClH/c1-26(2,3)45-15(38)9-44-33-16(14-12-48-23(28)30-14)19(39)31-17-20(40)37-18(22(41)42)13(10-47-21(17)37)11-49-24-32-34-35-36(24)8-7-29-25(43)46-27(4,5)6;/h12,17,21H,7-11H2,1-6H3,(H2,28,30)(H,29,43)(H,31,39)(H,41,42);1H/t17?,21-;/m0./s1. The second kappa shape index (κ2) is 16.7. The number of carbonyl (C=O) groups is 5. The number of hydrogen-bond acceptors (Lipinski definition) is 17. The molecule has 0 radical (unpaired) electrons. The van der Waals surface area contributed by atoms with Gasteiger partial charge in [-0.15, -0.1) is 40.6 Å². The van der Waals surface area contributed by atoms with Gasteiger partial charge in [-0.1, -0.05) is 16.9 Å². The molecule has 0 spiro atoms. The third-order valence-electron chi connectivity index (χ3n) is 6.14. The summed E-state index contributed by atoms with van der Waals surface area (Å²) in [5.74, 6) is -3.13. The third-order valence-corrected chi connectivity index (χ3v) is 9.20. The van der Waals surface area contributed by atoms with Crippen molar-refractivity contribution >= 4 is 88.0 Å². The van der Waals surface area contributed by atoms with Crippen LogP contribution in [0.5, 0.6) is 0 Å². The first-order valence-corrected chi connectivity index (χ1v) is 17.5. The lowest BCUT2D eigenvalue weighted by Gasteiger charge is -2.49. The van der Waals surface area contributed by atoms with Crippen LogP contribution in [0.1, 0.15) is 47.2 Å². The van der Waals surface area contributed by atoms with Gasteiger partial charge in [-0.05, 0) is 57.5 Å². The van der Waals surface area contributed by atoms with Crippen LogP contribution in [0.15, 0.2) is 27.0 Å². The number of nitrogens with one attached hydrogen (secondary N) is 2. The summed E-state index contributed by atoms with van der Waals surface area (Å²) >= 11 is 3.48. The number of nitrogens with two attached hydrogens (primary N) is 1. The molecule has 2 atom stereocenters. The molecule has 5 N–H and O–H groups in total. The van der Waals surface area contributed by atoms with E-state index in [-0.39, 0.29) is 59.2 Å². The monoisotopic (exact) mass is 776 g/mol. The number of carboxylic acids is 1. The molecule has 274 valence electrons. The topological polar surface area (TPSA) is 255 Å². The number of alkyl carbamates (subject to hydrolysis) is 1. The number of esters is 1. The number of ether oxygens (including phenoxy) is 2. The van der Waals surface area contributed by atoms with E-state index in [2.05, 4.69) is 36.3 Å². The van der Waals surface area contributed by atoms with Crippen molar-refractivity contribution < 1.29 is 43.4 Å². The number of thiazole rings is 1. The van der Waals surface area contributed by atoms with Gasteiger partial charge in [0.1, 0.15) is 34.0 Å². The predicted octanol–water partition coefficient (Wildman–Crippen LogP) is 1.25. The molecule has 2 aliphatic rings. The molecule has 23 heteroatoms. The fraction of sp³-hybridized carbons (Fsp3) is 0.556. The summed E-state index contributed by atoms with van der Waals surface area (Å²) in [7, 11) is 0. The van der Waals surface area contributed by atoms with E-state index >= 15 is 0 Å². The van der Waals surface area contributed by atoms with Crippen LogP contribution in [0.25, 0.3) is 0 Å². The Kier molecular flexibility index (Phi) is 13.5. The van der Waals surface area contributed by atoms with Crippen molar-refractivity contribution in [3.05, 3.63) is 22.3 Å². The molecule has 1 saturated heterocycles. The van der Waals surface area contributed by atoms with Gasteiger partial charge in [-0.2, -0.15) is 0 Å². The summed E-state index contributed by atoms with van der Waals surface area (Å²) in [6.45, 7) is 10.1. The van der Waals surface area contributed by atoms with Crippen molar-refractivity contribution in [3.8, 4) is 0 Å². The number of carbonyl (C=O) groups excluding carboxylic acids is 4. The quantitative estimate of drug-likeness (QED) is 0.0734. The van der Waals surface area contributed by atoms with Crippen molar-refractivity contribution in [1.29, 1.82) is 0 Å². The van der Waals surface area contributed by atoms with Crippen LogP contribution < -0.4 is 16.4 Å². The van der Waals surface area contributed by atoms with Gasteiger partial charge in [0.05, 0.1) is 6.54 Å². The molecule has 1 fully saturated rings. The van der Waals surface area contributed by atoms with Crippen LogP contribution >= 0.6 is 47.3 Å². The molecule has 2 aliphatic heterocycles. The smallest absolute Gasteiger partial charge is 0.407 e. The predicted molar refractivity (Wildman–Crippen MR) is 185 cm³/mol. The molecular weight excluding hydrogens is 740 g/mol. The zero-order valence-corrected chi connectivity index (χ0v) is 31.1. The van der Waals surface area contributed by atoms with Crippen molar-refractivity contribution in [2.45, 2.75) is 75.9 Å². The van der Waals surface area contributed by atoms with Gasteiger partial charge in [0.25, 0.3) is 11.8 Å². The van der Waals surface area contributed by atoms with Crippen molar-refractivity contribution in [2.75, 3.05) is 30.4 Å². The second-order valence-corrected chi connectivity index (χ2v) is 15.3. The Bertz CT molecular complexity index is 1670. The largest absolute Gasteiger partial charge is 0.477 e. The number of nitrogens with zero attached hydrogens (tertiary/aromatic N) is 7. The number of carboxylic acid groups (broad SMARTS) is 1. The van der Waals surface area contributed by atoms with Gasteiger partial charge >= 0.3 is 18.0 Å². The average Bonchev–Trinajstić information content (AvgIpc) is 3.62. The normalized spacial score (nSPS) is 17.6. The highest BCUT2D eigenvalue weighted by Crippen LogP contribution is 2.41. The van der Waals surface area contributed by atoms with Crippen LogP contribution in [0, 0.1) is 0 Å². The summed E-state index contributed by atoms with van der Waals surface area (Å²) < 4.78 is 11.8. The molecule has 1 unspecified atom stereocenters. The number of aromatic nitrogens is 5. The molecule has 2 aromatic heterocycles. The number of nitrogen functional groups attached to an aromatic ring is 1. The maximum Gasteiger partial charge on any atom is 0.407 e. The van der Waals surface area contributed by atoms with E-state index in [1.54, 1.807) is 41.5 Å². The number of oxime groups is 1. The molecule has 19 nitrogen and oxygen atoms in total. The van der Waals surface area contributed by atoms with Gasteiger partial charge in [0, 0.05) is 23.4 Å². The van der Waals surface area contributed by atoms with Gasteiger partial charge in [0.15, 0.2) is 10.8 Å². The van der Waals surface area contributed by atoms with Crippen LogP contribution in [0.4, 0.5) is 9.93 Å². The van der Waals surface area contributed by atoms with Gasteiger partial charge in [0.2, 0.25) is 11.8 Å². The molecule has 4 rings (SSSR count). The number of tetrazole rings is 1. The van der Waals surface area contributed by atoms with Gasteiger partial charge in [-0.25, -0.2) is 24.0 Å². The van der Waals surface area contributed by atoms with Crippen LogP contribution in [-0.4, -0.2) is 118 Å². The SMILES string of the molecule is CC(C)(C)OC(=O)CON=C(C(=O)NC1C(=O)N2C(C(=O)O)=C(CSc3nnnn3CCNC(=O)OC(C)(C)C)CS[C@@H]12)c1csc(N)n1.Cl. The summed E-state index contributed by atoms with van der Waals surface area (Å²) in [6, 6.07) is -1.09. The Hall–Kier alpha value is -4.15. The highest BCUT2D eigenvalue weighted by Gasteiger charge is 2.54. The summed E-state index contributed by atoms with van der Waals surface area (Å²) in [4.78, 5) is 73.2. The minimum atomic E-state index is -1.31. The number of amides is 3. The van der Waals surface area contributed by atoms with E-state index in [0.29, 0.717) is 10.7 Å². The molecule has 3 amide bonds. The van der Waals surface area contributed by atoms with E-state index in [9.17, 15) is 29.1 Å². The van der Waals surface area contributed by atoms with E-state index in [1.165, 1.54) is 33.6 Å². The number of fused-ring (bicyclic) bond motifs is 1. The number of hydrogen-bond donors (Lipinski definition) is 4. The molecule has 0 saturated carbocycles. The van der Waals surface area contributed by atoms with Crippen molar-refractivity contribution in [2.24, 2.45) is 5.16 Å². The summed E-state index contributed by atoms with van der Waals surface area (Å²) in [5, 5.41) is 31.9. The molecule has 50 heavy (non-hydrogen) atoms. The van der Waals surface area contributed by atoms with Crippen molar-refractivity contribution in [3.63, 3.8) is 0 Å². The lowest BCUT2D eigenvalue weighted by atomic mass is 10.0. The number of rotatable bonds is 13. The van der Waals surface area contributed by atoms with E-state index in [4.69, 9.17) is 20.0 Å². The molecule has 0 bridgehead atoms. The lowest BCUT2D eigenvalue weighted by molar-refractivity contribution is -0.160. The fourth-order valence-electron chi connectivity index (χ4n) is 4.30. The number of anilines is 1. The second-order valence-electron chi connectivity index (χ2n) is 12.4. The first-order valence-electron chi connectivity index (χ1n) is 14.6. The molecule has 4 heterocycles. The number of halogens is 1. The highest BCUT2D eigenvalue weighted by atomic mass is 35.5. The Morgan fingerprint density at radius 2 is 1.86 bits per heavy atom. The summed E-state index contributed by atoms with van der Waals surface area (Å²) in [6.07, 6.45) is -0.587. The number of β-lactam (4-membered cyclic amide) rings is 1. The Labute approximate surface area is 304 Å². The summed E-state index contributed by atoms with van der Waals surface area (Å²) in [5.41, 5.74) is 4.29. The highest BCUT2D eigenvalue weighted by molar-refractivity contribution is 8.01. The Balaban J connectivity index is 0.00000676. The number of thioether (sulfide) groups is 2. The molecule has 2 aromatic rings.